The van der Waals surface area contributed by atoms with Gasteiger partial charge in [-0.2, -0.15) is 5.10 Å². The third kappa shape index (κ3) is 4.74. The maximum Gasteiger partial charge on any atom is 0.256 e. The molecule has 5 nitrogen and oxygen atoms in total. The zero-order valence-corrected chi connectivity index (χ0v) is 18.1. The van der Waals surface area contributed by atoms with Gasteiger partial charge in [-0.05, 0) is 18.1 Å². The monoisotopic (exact) mass is 423 g/mol. The molecule has 2 heterocycles. The van der Waals surface area contributed by atoms with Crippen molar-refractivity contribution in [1.29, 1.82) is 0 Å². The SMILES string of the molecule is Cc1nn(Cc2ccccc2)c(Cl)c1C(=O)NCc1ccccc1C[NH+]1CCCC1. The first-order valence-corrected chi connectivity index (χ1v) is 10.9. The molecule has 0 spiro atoms. The van der Waals surface area contributed by atoms with Crippen LogP contribution in [0.25, 0.3) is 0 Å². The number of benzene rings is 2. The normalized spacial score (nSPS) is 14.2. The molecule has 3 aromatic rings. The molecule has 2 N–H and O–H groups in total. The standard InChI is InChI=1S/C24H27ClN4O/c1-18-22(23(25)29(27-18)16-19-9-3-2-4-10-19)24(30)26-15-20-11-5-6-12-21(20)17-28-13-7-8-14-28/h2-6,9-12H,7-8,13-17H2,1H3,(H,26,30)/p+1. The molecule has 30 heavy (non-hydrogen) atoms. The molecular weight excluding hydrogens is 396 g/mol. The van der Waals surface area contributed by atoms with Gasteiger partial charge >= 0.3 is 0 Å². The van der Waals surface area contributed by atoms with Crippen LogP contribution in [-0.4, -0.2) is 28.8 Å². The van der Waals surface area contributed by atoms with Gasteiger partial charge in [0.15, 0.2) is 0 Å². The highest BCUT2D eigenvalue weighted by atomic mass is 35.5. The minimum absolute atomic E-state index is 0.180. The third-order valence-electron chi connectivity index (χ3n) is 5.78. The first-order chi connectivity index (χ1) is 14.6. The van der Waals surface area contributed by atoms with E-state index < -0.39 is 0 Å². The quantitative estimate of drug-likeness (QED) is 0.613. The van der Waals surface area contributed by atoms with Crippen molar-refractivity contribution in [2.24, 2.45) is 0 Å². The summed E-state index contributed by atoms with van der Waals surface area (Å²) in [7, 11) is 0. The number of aryl methyl sites for hydroxylation is 1. The van der Waals surface area contributed by atoms with E-state index in [9.17, 15) is 4.79 Å². The van der Waals surface area contributed by atoms with Crippen LogP contribution in [-0.2, 0) is 19.6 Å². The van der Waals surface area contributed by atoms with Crippen molar-refractivity contribution in [3.8, 4) is 0 Å². The molecule has 1 aliphatic rings. The van der Waals surface area contributed by atoms with Crippen LogP contribution in [0.1, 0.15) is 45.6 Å². The molecule has 0 unspecified atom stereocenters. The van der Waals surface area contributed by atoms with Crippen molar-refractivity contribution in [3.05, 3.63) is 87.7 Å². The predicted octanol–water partition coefficient (Wildman–Crippen LogP) is 3.00. The number of hydrogen-bond acceptors (Lipinski definition) is 2. The number of amides is 1. The number of aromatic nitrogens is 2. The fourth-order valence-corrected chi connectivity index (χ4v) is 4.48. The summed E-state index contributed by atoms with van der Waals surface area (Å²) < 4.78 is 1.69. The molecule has 0 saturated carbocycles. The van der Waals surface area contributed by atoms with E-state index >= 15 is 0 Å². The molecule has 1 saturated heterocycles. The molecule has 1 aliphatic heterocycles. The fourth-order valence-electron chi connectivity index (χ4n) is 4.16. The van der Waals surface area contributed by atoms with Crippen molar-refractivity contribution in [3.63, 3.8) is 0 Å². The number of likely N-dealkylation sites (tertiary alicyclic amines) is 1. The van der Waals surface area contributed by atoms with E-state index in [1.54, 1.807) is 9.58 Å². The third-order valence-corrected chi connectivity index (χ3v) is 6.16. The van der Waals surface area contributed by atoms with Crippen LogP contribution in [0, 0.1) is 6.92 Å². The molecule has 2 aromatic carbocycles. The van der Waals surface area contributed by atoms with Crippen LogP contribution in [0.4, 0.5) is 0 Å². The number of halogens is 1. The Labute approximate surface area is 182 Å². The first-order valence-electron chi connectivity index (χ1n) is 10.6. The number of nitrogens with zero attached hydrogens (tertiary/aromatic N) is 2. The first kappa shape index (κ1) is 20.6. The number of nitrogens with one attached hydrogen (secondary N) is 2. The predicted molar refractivity (Wildman–Crippen MR) is 119 cm³/mol. The van der Waals surface area contributed by atoms with E-state index in [-0.39, 0.29) is 5.91 Å². The van der Waals surface area contributed by atoms with Crippen molar-refractivity contribution >= 4 is 17.5 Å². The van der Waals surface area contributed by atoms with Crippen LogP contribution in [0.5, 0.6) is 0 Å². The van der Waals surface area contributed by atoms with Gasteiger partial charge in [-0.15, -0.1) is 0 Å². The Hall–Kier alpha value is -2.63. The van der Waals surface area contributed by atoms with Gasteiger partial charge in [0.2, 0.25) is 0 Å². The van der Waals surface area contributed by atoms with Crippen LogP contribution >= 0.6 is 11.6 Å². The fraction of sp³-hybridized carbons (Fsp3) is 0.333. The number of rotatable bonds is 7. The van der Waals surface area contributed by atoms with Crippen LogP contribution in [0.2, 0.25) is 5.15 Å². The van der Waals surface area contributed by atoms with Gasteiger partial charge in [-0.25, -0.2) is 4.68 Å². The van der Waals surface area contributed by atoms with Gasteiger partial charge in [0.1, 0.15) is 11.7 Å². The number of quaternary nitrogens is 1. The lowest BCUT2D eigenvalue weighted by molar-refractivity contribution is -0.901. The van der Waals surface area contributed by atoms with E-state index in [1.165, 1.54) is 31.5 Å². The highest BCUT2D eigenvalue weighted by Gasteiger charge is 2.21. The largest absolute Gasteiger partial charge is 0.348 e. The van der Waals surface area contributed by atoms with Gasteiger partial charge in [0.25, 0.3) is 5.91 Å². The Morgan fingerprint density at radius 2 is 1.73 bits per heavy atom. The van der Waals surface area contributed by atoms with Crippen molar-refractivity contribution in [2.45, 2.75) is 39.4 Å². The Kier molecular flexibility index (Phi) is 6.50. The van der Waals surface area contributed by atoms with Crippen molar-refractivity contribution < 1.29 is 9.69 Å². The molecule has 4 rings (SSSR count). The lowest BCUT2D eigenvalue weighted by atomic mass is 10.1. The van der Waals surface area contributed by atoms with E-state index in [2.05, 4.69) is 28.6 Å². The Morgan fingerprint density at radius 1 is 1.07 bits per heavy atom. The summed E-state index contributed by atoms with van der Waals surface area (Å²) in [5.74, 6) is -0.180. The van der Waals surface area contributed by atoms with E-state index in [4.69, 9.17) is 11.6 Å². The summed E-state index contributed by atoms with van der Waals surface area (Å²) in [4.78, 5) is 14.5. The molecule has 0 bridgehead atoms. The Bertz CT molecular complexity index is 1010. The summed E-state index contributed by atoms with van der Waals surface area (Å²) >= 11 is 6.54. The van der Waals surface area contributed by atoms with Gasteiger partial charge in [-0.3, -0.25) is 4.79 Å². The topological polar surface area (TPSA) is 51.4 Å². The highest BCUT2D eigenvalue weighted by molar-refractivity contribution is 6.33. The van der Waals surface area contributed by atoms with Gasteiger partial charge in [0.05, 0.1) is 30.9 Å². The van der Waals surface area contributed by atoms with Gasteiger partial charge in [-0.1, -0.05) is 66.2 Å². The summed E-state index contributed by atoms with van der Waals surface area (Å²) in [6.45, 7) is 6.33. The van der Waals surface area contributed by atoms with Crippen LogP contribution in [0.15, 0.2) is 54.6 Å². The smallest absolute Gasteiger partial charge is 0.256 e. The highest BCUT2D eigenvalue weighted by Crippen LogP contribution is 2.21. The average Bonchev–Trinajstić information content (AvgIpc) is 3.36. The summed E-state index contributed by atoms with van der Waals surface area (Å²) in [5, 5.41) is 7.92. The molecule has 156 valence electrons. The van der Waals surface area contributed by atoms with Gasteiger partial charge < -0.3 is 10.2 Å². The molecule has 1 fully saturated rings. The second-order valence-electron chi connectivity index (χ2n) is 7.98. The lowest BCUT2D eigenvalue weighted by Crippen LogP contribution is -3.08. The van der Waals surface area contributed by atoms with E-state index in [0.717, 1.165) is 17.7 Å². The molecule has 6 heteroatoms. The molecule has 0 atom stereocenters. The number of hydrogen-bond donors (Lipinski definition) is 2. The average molecular weight is 424 g/mol. The van der Waals surface area contributed by atoms with Gasteiger partial charge in [0, 0.05) is 24.9 Å². The van der Waals surface area contributed by atoms with Crippen LogP contribution < -0.4 is 10.2 Å². The summed E-state index contributed by atoms with van der Waals surface area (Å²) in [6, 6.07) is 18.3. The molecule has 1 aromatic heterocycles. The lowest BCUT2D eigenvalue weighted by Gasteiger charge is -2.15. The maximum atomic E-state index is 12.9. The van der Waals surface area contributed by atoms with Crippen molar-refractivity contribution in [2.75, 3.05) is 13.1 Å². The number of carbonyl (C=O) groups excluding carboxylic acids is 1. The molecular formula is C24H28ClN4O+. The Balaban J connectivity index is 1.45. The maximum absolute atomic E-state index is 12.9. The van der Waals surface area contributed by atoms with Crippen molar-refractivity contribution in [1.82, 2.24) is 15.1 Å². The summed E-state index contributed by atoms with van der Waals surface area (Å²) in [5.41, 5.74) is 4.65. The summed E-state index contributed by atoms with van der Waals surface area (Å²) in [6.07, 6.45) is 2.61. The second kappa shape index (κ2) is 9.45. The second-order valence-corrected chi connectivity index (χ2v) is 8.34. The minimum Gasteiger partial charge on any atom is -0.348 e. The zero-order valence-electron chi connectivity index (χ0n) is 17.3. The van der Waals surface area contributed by atoms with Crippen LogP contribution in [0.3, 0.4) is 0 Å². The molecule has 1 amide bonds. The minimum atomic E-state index is -0.180. The number of carbonyl (C=O) groups is 1. The molecule has 0 radical (unpaired) electrons. The van der Waals surface area contributed by atoms with E-state index in [0.29, 0.717) is 29.5 Å². The molecule has 0 aliphatic carbocycles. The Morgan fingerprint density at radius 3 is 2.47 bits per heavy atom. The zero-order chi connectivity index (χ0) is 20.9. The van der Waals surface area contributed by atoms with E-state index in [1.807, 2.05) is 43.3 Å².